The maximum atomic E-state index is 12.7. The molecule has 0 aliphatic heterocycles. The van der Waals surface area contributed by atoms with E-state index in [4.69, 9.17) is 4.74 Å². The fourth-order valence-corrected chi connectivity index (χ4v) is 3.10. The molecule has 156 valence electrons. The van der Waals surface area contributed by atoms with E-state index in [1.807, 2.05) is 78.6 Å². The Morgan fingerprint density at radius 3 is 1.97 bits per heavy atom. The van der Waals surface area contributed by atoms with E-state index in [2.05, 4.69) is 5.32 Å². The Hall–Kier alpha value is -4.04. The van der Waals surface area contributed by atoms with E-state index < -0.39 is 5.91 Å². The third-order valence-electron chi connectivity index (χ3n) is 4.56. The van der Waals surface area contributed by atoms with Crippen LogP contribution in [0.5, 0.6) is 5.75 Å². The lowest BCUT2D eigenvalue weighted by atomic mass is 10.1. The van der Waals surface area contributed by atoms with E-state index in [1.165, 1.54) is 0 Å². The molecule has 0 saturated carbocycles. The molecule has 3 aromatic rings. The van der Waals surface area contributed by atoms with E-state index in [1.54, 1.807) is 30.5 Å². The fourth-order valence-electron chi connectivity index (χ4n) is 3.10. The summed E-state index contributed by atoms with van der Waals surface area (Å²) in [5.74, 6) is 0.284. The Bertz CT molecular complexity index is 998. The molecule has 0 bridgehead atoms. The number of ether oxygens (including phenoxy) is 1. The van der Waals surface area contributed by atoms with Gasteiger partial charge in [-0.2, -0.15) is 5.26 Å². The molecular weight excluding hydrogens is 386 g/mol. The normalized spacial score (nSPS) is 10.8. The molecule has 1 N–H and O–H groups in total. The number of nitriles is 1. The van der Waals surface area contributed by atoms with Gasteiger partial charge in [0.2, 0.25) is 0 Å². The molecule has 0 saturated heterocycles. The zero-order valence-corrected chi connectivity index (χ0v) is 17.5. The second kappa shape index (κ2) is 11.2. The molecule has 0 radical (unpaired) electrons. The standard InChI is InChI=1S/C26H25N3O2/c1-2-31-25-15-13-24(14-16-25)28-26(30)23(17-27)20-29(18-21-9-5-3-6-10-21)19-22-11-7-4-8-12-22/h3-16,20H,2,18-19H2,1H3,(H,28,30)/b23-20-. The van der Waals surface area contributed by atoms with E-state index in [9.17, 15) is 10.1 Å². The van der Waals surface area contributed by atoms with Crippen molar-refractivity contribution >= 4 is 11.6 Å². The molecule has 0 aliphatic rings. The summed E-state index contributed by atoms with van der Waals surface area (Å²) in [6.45, 7) is 3.65. The van der Waals surface area contributed by atoms with Crippen LogP contribution in [0.2, 0.25) is 0 Å². The number of anilines is 1. The SMILES string of the molecule is CCOc1ccc(NC(=O)/C(C#N)=C\N(Cc2ccccc2)Cc2ccccc2)cc1. The molecule has 5 heteroatoms. The minimum atomic E-state index is -0.446. The fraction of sp³-hybridized carbons (Fsp3) is 0.154. The van der Waals surface area contributed by atoms with Gasteiger partial charge < -0.3 is 15.0 Å². The van der Waals surface area contributed by atoms with Crippen molar-refractivity contribution in [2.24, 2.45) is 0 Å². The molecule has 0 unspecified atom stereocenters. The van der Waals surface area contributed by atoms with Crippen molar-refractivity contribution in [3.63, 3.8) is 0 Å². The number of hydrogen-bond acceptors (Lipinski definition) is 4. The van der Waals surface area contributed by atoms with Gasteiger partial charge in [-0.15, -0.1) is 0 Å². The quantitative estimate of drug-likeness (QED) is 0.391. The summed E-state index contributed by atoms with van der Waals surface area (Å²) in [4.78, 5) is 14.7. The van der Waals surface area contributed by atoms with E-state index in [-0.39, 0.29) is 5.57 Å². The highest BCUT2D eigenvalue weighted by Gasteiger charge is 2.13. The number of hydrogen-bond donors (Lipinski definition) is 1. The zero-order valence-electron chi connectivity index (χ0n) is 17.5. The van der Waals surface area contributed by atoms with Crippen LogP contribution >= 0.6 is 0 Å². The molecule has 0 aromatic heterocycles. The van der Waals surface area contributed by atoms with Gasteiger partial charge in [0.1, 0.15) is 17.4 Å². The first-order valence-corrected chi connectivity index (χ1v) is 10.2. The molecule has 0 heterocycles. The van der Waals surface area contributed by atoms with Crippen LogP contribution in [-0.2, 0) is 17.9 Å². The number of carbonyl (C=O) groups excluding carboxylic acids is 1. The summed E-state index contributed by atoms with van der Waals surface area (Å²) in [7, 11) is 0. The van der Waals surface area contributed by atoms with Crippen molar-refractivity contribution in [1.82, 2.24) is 4.90 Å². The van der Waals surface area contributed by atoms with Gasteiger partial charge >= 0.3 is 0 Å². The summed E-state index contributed by atoms with van der Waals surface area (Å²) < 4.78 is 5.42. The Labute approximate surface area is 183 Å². The Balaban J connectivity index is 1.78. The van der Waals surface area contributed by atoms with Crippen LogP contribution in [0.4, 0.5) is 5.69 Å². The van der Waals surface area contributed by atoms with Crippen LogP contribution in [0.1, 0.15) is 18.1 Å². The Morgan fingerprint density at radius 2 is 1.48 bits per heavy atom. The van der Waals surface area contributed by atoms with Crippen molar-refractivity contribution in [3.8, 4) is 11.8 Å². The summed E-state index contributed by atoms with van der Waals surface area (Å²) in [5, 5.41) is 12.4. The van der Waals surface area contributed by atoms with Gasteiger partial charge in [-0.05, 0) is 42.3 Å². The molecule has 5 nitrogen and oxygen atoms in total. The molecule has 0 spiro atoms. The van der Waals surface area contributed by atoms with Crippen LogP contribution < -0.4 is 10.1 Å². The van der Waals surface area contributed by atoms with Gasteiger partial charge in [-0.25, -0.2) is 0 Å². The zero-order chi connectivity index (χ0) is 21.9. The molecule has 3 aromatic carbocycles. The highest BCUT2D eigenvalue weighted by Crippen LogP contribution is 2.17. The first kappa shape index (κ1) is 21.7. The van der Waals surface area contributed by atoms with Crippen molar-refractivity contribution in [2.45, 2.75) is 20.0 Å². The van der Waals surface area contributed by atoms with Crippen LogP contribution in [0.3, 0.4) is 0 Å². The minimum Gasteiger partial charge on any atom is -0.494 e. The number of nitrogens with zero attached hydrogens (tertiary/aromatic N) is 2. The molecular formula is C26H25N3O2. The Morgan fingerprint density at radius 1 is 0.935 bits per heavy atom. The average molecular weight is 412 g/mol. The second-order valence-corrected chi connectivity index (χ2v) is 6.94. The number of rotatable bonds is 9. The van der Waals surface area contributed by atoms with Gasteiger partial charge in [-0.1, -0.05) is 60.7 Å². The highest BCUT2D eigenvalue weighted by atomic mass is 16.5. The number of nitrogens with one attached hydrogen (secondary N) is 1. The molecule has 3 rings (SSSR count). The van der Waals surface area contributed by atoms with Gasteiger partial charge in [0.25, 0.3) is 5.91 Å². The second-order valence-electron chi connectivity index (χ2n) is 6.94. The van der Waals surface area contributed by atoms with Crippen molar-refractivity contribution < 1.29 is 9.53 Å². The van der Waals surface area contributed by atoms with Crippen LogP contribution in [0.25, 0.3) is 0 Å². The molecule has 0 fully saturated rings. The maximum Gasteiger partial charge on any atom is 0.267 e. The molecule has 1 amide bonds. The first-order valence-electron chi connectivity index (χ1n) is 10.2. The third-order valence-corrected chi connectivity index (χ3v) is 4.56. The summed E-state index contributed by atoms with van der Waals surface area (Å²) in [6, 6.07) is 29.0. The van der Waals surface area contributed by atoms with Gasteiger partial charge in [0, 0.05) is 25.0 Å². The topological polar surface area (TPSA) is 65.4 Å². The van der Waals surface area contributed by atoms with E-state index >= 15 is 0 Å². The number of amides is 1. The van der Waals surface area contributed by atoms with E-state index in [0.717, 1.165) is 16.9 Å². The van der Waals surface area contributed by atoms with Gasteiger partial charge in [0.15, 0.2) is 0 Å². The van der Waals surface area contributed by atoms with Gasteiger partial charge in [-0.3, -0.25) is 4.79 Å². The summed E-state index contributed by atoms with van der Waals surface area (Å²) in [5.41, 5.74) is 2.84. The van der Waals surface area contributed by atoms with Crippen molar-refractivity contribution in [1.29, 1.82) is 5.26 Å². The lowest BCUT2D eigenvalue weighted by Crippen LogP contribution is -2.21. The summed E-state index contributed by atoms with van der Waals surface area (Å²) in [6.07, 6.45) is 1.63. The van der Waals surface area contributed by atoms with Crippen LogP contribution in [0.15, 0.2) is 96.7 Å². The highest BCUT2D eigenvalue weighted by molar-refractivity contribution is 6.06. The lowest BCUT2D eigenvalue weighted by Gasteiger charge is -2.21. The Kier molecular flexibility index (Phi) is 7.84. The number of benzene rings is 3. The van der Waals surface area contributed by atoms with Crippen LogP contribution in [0, 0.1) is 11.3 Å². The molecule has 0 atom stereocenters. The largest absolute Gasteiger partial charge is 0.494 e. The van der Waals surface area contributed by atoms with Gasteiger partial charge in [0.05, 0.1) is 6.61 Å². The predicted octanol–water partition coefficient (Wildman–Crippen LogP) is 5.13. The monoisotopic (exact) mass is 411 g/mol. The lowest BCUT2D eigenvalue weighted by molar-refractivity contribution is -0.112. The average Bonchev–Trinajstić information content (AvgIpc) is 2.80. The van der Waals surface area contributed by atoms with E-state index in [0.29, 0.717) is 25.4 Å². The summed E-state index contributed by atoms with van der Waals surface area (Å²) >= 11 is 0. The minimum absolute atomic E-state index is 0.0424. The van der Waals surface area contributed by atoms with Crippen molar-refractivity contribution in [3.05, 3.63) is 108 Å². The number of carbonyl (C=O) groups is 1. The van der Waals surface area contributed by atoms with Crippen molar-refractivity contribution in [2.75, 3.05) is 11.9 Å². The third kappa shape index (κ3) is 6.76. The first-order chi connectivity index (χ1) is 15.2. The smallest absolute Gasteiger partial charge is 0.267 e. The maximum absolute atomic E-state index is 12.7. The molecule has 0 aliphatic carbocycles. The molecule has 31 heavy (non-hydrogen) atoms. The predicted molar refractivity (Wildman–Crippen MR) is 122 cm³/mol. The van der Waals surface area contributed by atoms with Crippen LogP contribution in [-0.4, -0.2) is 17.4 Å².